The third-order valence-electron chi connectivity index (χ3n) is 4.91. The van der Waals surface area contributed by atoms with E-state index >= 15 is 0 Å². The van der Waals surface area contributed by atoms with Crippen molar-refractivity contribution in [3.05, 3.63) is 0 Å². The number of nitrogens with two attached hydrogens (primary N) is 1. The lowest BCUT2D eigenvalue weighted by Crippen LogP contribution is -2.43. The lowest BCUT2D eigenvalue weighted by Gasteiger charge is -2.44. The summed E-state index contributed by atoms with van der Waals surface area (Å²) in [7, 11) is 0. The monoisotopic (exact) mass is 195 g/mol. The Morgan fingerprint density at radius 2 is 1.57 bits per heavy atom. The molecule has 0 heterocycles. The molecule has 2 fully saturated rings. The van der Waals surface area contributed by atoms with E-state index in [0.29, 0.717) is 16.9 Å². The Hall–Kier alpha value is -0.0400. The third kappa shape index (κ3) is 1.84. The molecule has 0 bridgehead atoms. The molecule has 0 amide bonds. The van der Waals surface area contributed by atoms with Crippen LogP contribution in [0.3, 0.4) is 0 Å². The SMILES string of the molecule is CC1(CC(N)C2(C)CCCC2)CCC1. The van der Waals surface area contributed by atoms with Gasteiger partial charge < -0.3 is 5.73 Å². The number of hydrogen-bond donors (Lipinski definition) is 1. The number of rotatable bonds is 3. The molecular weight excluding hydrogens is 170 g/mol. The van der Waals surface area contributed by atoms with Crippen molar-refractivity contribution in [3.63, 3.8) is 0 Å². The zero-order valence-corrected chi connectivity index (χ0v) is 9.81. The first-order valence-corrected chi connectivity index (χ1v) is 6.30. The van der Waals surface area contributed by atoms with Gasteiger partial charge in [0.25, 0.3) is 0 Å². The molecular formula is C13H25N. The van der Waals surface area contributed by atoms with Crippen LogP contribution < -0.4 is 5.73 Å². The molecule has 1 nitrogen and oxygen atoms in total. The maximum atomic E-state index is 6.41. The second-order valence-corrected chi connectivity index (χ2v) is 6.34. The van der Waals surface area contributed by atoms with E-state index in [-0.39, 0.29) is 0 Å². The first kappa shape index (κ1) is 10.5. The standard InChI is InChI=1S/C13H25N/c1-12(6-5-7-12)10-11(14)13(2)8-3-4-9-13/h11H,3-10,14H2,1-2H3. The fraction of sp³-hybridized carbons (Fsp3) is 1.00. The molecule has 0 saturated heterocycles. The van der Waals surface area contributed by atoms with Crippen molar-refractivity contribution >= 4 is 0 Å². The summed E-state index contributed by atoms with van der Waals surface area (Å²) in [6.07, 6.45) is 11.1. The first-order valence-electron chi connectivity index (χ1n) is 6.30. The van der Waals surface area contributed by atoms with Crippen molar-refractivity contribution in [3.8, 4) is 0 Å². The van der Waals surface area contributed by atoms with Crippen LogP contribution in [0.2, 0.25) is 0 Å². The summed E-state index contributed by atoms with van der Waals surface area (Å²) in [6, 6.07) is 0.454. The molecule has 0 radical (unpaired) electrons. The molecule has 0 aromatic heterocycles. The lowest BCUT2D eigenvalue weighted by atomic mass is 9.63. The van der Waals surface area contributed by atoms with Gasteiger partial charge >= 0.3 is 0 Å². The summed E-state index contributed by atoms with van der Waals surface area (Å²) in [6.45, 7) is 4.83. The van der Waals surface area contributed by atoms with Gasteiger partial charge in [-0.15, -0.1) is 0 Å². The molecule has 0 aliphatic heterocycles. The van der Waals surface area contributed by atoms with Crippen molar-refractivity contribution in [2.24, 2.45) is 16.6 Å². The molecule has 82 valence electrons. The van der Waals surface area contributed by atoms with Crippen molar-refractivity contribution in [2.45, 2.75) is 71.3 Å². The van der Waals surface area contributed by atoms with Crippen molar-refractivity contribution < 1.29 is 0 Å². The molecule has 2 aliphatic carbocycles. The van der Waals surface area contributed by atoms with Gasteiger partial charge in [0.1, 0.15) is 0 Å². The van der Waals surface area contributed by atoms with E-state index in [1.165, 1.54) is 51.4 Å². The van der Waals surface area contributed by atoms with Gasteiger partial charge in [-0.1, -0.05) is 33.1 Å². The number of hydrogen-bond acceptors (Lipinski definition) is 1. The van der Waals surface area contributed by atoms with Gasteiger partial charge in [-0.2, -0.15) is 0 Å². The van der Waals surface area contributed by atoms with E-state index in [9.17, 15) is 0 Å². The fourth-order valence-corrected chi connectivity index (χ4v) is 3.32. The third-order valence-corrected chi connectivity index (χ3v) is 4.91. The largest absolute Gasteiger partial charge is 0.327 e. The van der Waals surface area contributed by atoms with Gasteiger partial charge in [0.2, 0.25) is 0 Å². The molecule has 1 unspecified atom stereocenters. The normalized spacial score (nSPS) is 31.1. The van der Waals surface area contributed by atoms with Crippen molar-refractivity contribution in [2.75, 3.05) is 0 Å². The van der Waals surface area contributed by atoms with E-state index in [0.717, 1.165) is 0 Å². The van der Waals surface area contributed by atoms with Gasteiger partial charge in [0, 0.05) is 6.04 Å². The second-order valence-electron chi connectivity index (χ2n) is 6.34. The molecule has 14 heavy (non-hydrogen) atoms. The molecule has 2 saturated carbocycles. The Bertz CT molecular complexity index is 199. The zero-order chi connectivity index (χ0) is 10.2. The van der Waals surface area contributed by atoms with E-state index in [4.69, 9.17) is 5.73 Å². The van der Waals surface area contributed by atoms with Crippen LogP contribution in [0.1, 0.15) is 65.2 Å². The van der Waals surface area contributed by atoms with Gasteiger partial charge in [-0.3, -0.25) is 0 Å². The fourth-order valence-electron chi connectivity index (χ4n) is 3.32. The van der Waals surface area contributed by atoms with Crippen LogP contribution in [0, 0.1) is 10.8 Å². The van der Waals surface area contributed by atoms with Crippen molar-refractivity contribution in [1.29, 1.82) is 0 Å². The lowest BCUT2D eigenvalue weighted by molar-refractivity contribution is 0.0979. The Morgan fingerprint density at radius 3 is 2.00 bits per heavy atom. The van der Waals surface area contributed by atoms with Crippen LogP contribution in [0.25, 0.3) is 0 Å². The molecule has 1 heteroatoms. The van der Waals surface area contributed by atoms with Gasteiger partial charge in [-0.25, -0.2) is 0 Å². The highest BCUT2D eigenvalue weighted by Crippen LogP contribution is 2.49. The first-order chi connectivity index (χ1) is 6.54. The predicted molar refractivity (Wildman–Crippen MR) is 61.1 cm³/mol. The zero-order valence-electron chi connectivity index (χ0n) is 9.81. The summed E-state index contributed by atoms with van der Waals surface area (Å²) in [5.74, 6) is 0. The molecule has 2 rings (SSSR count). The van der Waals surface area contributed by atoms with Crippen LogP contribution in [-0.4, -0.2) is 6.04 Å². The summed E-state index contributed by atoms with van der Waals surface area (Å²) >= 11 is 0. The van der Waals surface area contributed by atoms with Gasteiger partial charge in [0.15, 0.2) is 0 Å². The molecule has 0 aromatic carbocycles. The van der Waals surface area contributed by atoms with E-state index < -0.39 is 0 Å². The average Bonchev–Trinajstić information content (AvgIpc) is 2.51. The molecule has 0 aromatic rings. The minimum Gasteiger partial charge on any atom is -0.327 e. The van der Waals surface area contributed by atoms with E-state index in [1.807, 2.05) is 0 Å². The van der Waals surface area contributed by atoms with Crippen LogP contribution in [0.15, 0.2) is 0 Å². The maximum absolute atomic E-state index is 6.41. The average molecular weight is 195 g/mol. The van der Waals surface area contributed by atoms with E-state index in [2.05, 4.69) is 13.8 Å². The highest BCUT2D eigenvalue weighted by molar-refractivity contribution is 4.95. The summed E-state index contributed by atoms with van der Waals surface area (Å²) in [4.78, 5) is 0. The van der Waals surface area contributed by atoms with Crippen LogP contribution in [-0.2, 0) is 0 Å². The Labute approximate surface area is 88.4 Å². The smallest absolute Gasteiger partial charge is 0.00981 e. The molecule has 2 aliphatic rings. The summed E-state index contributed by atoms with van der Waals surface area (Å²) < 4.78 is 0. The summed E-state index contributed by atoms with van der Waals surface area (Å²) in [5, 5.41) is 0. The Balaban J connectivity index is 1.90. The maximum Gasteiger partial charge on any atom is 0.00981 e. The van der Waals surface area contributed by atoms with E-state index in [1.54, 1.807) is 0 Å². The van der Waals surface area contributed by atoms with Crippen LogP contribution >= 0.6 is 0 Å². The minimum absolute atomic E-state index is 0.454. The van der Waals surface area contributed by atoms with Gasteiger partial charge in [-0.05, 0) is 42.9 Å². The predicted octanol–water partition coefficient (Wildman–Crippen LogP) is 3.47. The minimum atomic E-state index is 0.454. The van der Waals surface area contributed by atoms with Crippen LogP contribution in [0.4, 0.5) is 0 Å². The van der Waals surface area contributed by atoms with Crippen molar-refractivity contribution in [1.82, 2.24) is 0 Å². The van der Waals surface area contributed by atoms with Crippen LogP contribution in [0.5, 0.6) is 0 Å². The summed E-state index contributed by atoms with van der Waals surface area (Å²) in [5.41, 5.74) is 7.48. The molecule has 0 spiro atoms. The topological polar surface area (TPSA) is 26.0 Å². The highest BCUT2D eigenvalue weighted by Gasteiger charge is 2.40. The Kier molecular flexibility index (Phi) is 2.63. The molecule has 1 atom stereocenters. The second kappa shape index (κ2) is 3.52. The van der Waals surface area contributed by atoms with Gasteiger partial charge in [0.05, 0.1) is 0 Å². The quantitative estimate of drug-likeness (QED) is 0.733. The molecule has 2 N–H and O–H groups in total. The Morgan fingerprint density at radius 1 is 1.00 bits per heavy atom. The highest BCUT2D eigenvalue weighted by atomic mass is 14.7.